The van der Waals surface area contributed by atoms with Crippen LogP contribution in [0.3, 0.4) is 0 Å². The second-order valence-corrected chi connectivity index (χ2v) is 6.92. The van der Waals surface area contributed by atoms with E-state index in [9.17, 15) is 19.2 Å². The van der Waals surface area contributed by atoms with Gasteiger partial charge >= 0.3 is 5.97 Å². The van der Waals surface area contributed by atoms with Crippen LogP contribution in [0, 0.1) is 0 Å². The SMILES string of the molecule is COc1ccccc1C(C)NC(=O)COC(=O)c1ccc(N2NC(=O)CCC2=O)cc1. The number of hydrogen-bond acceptors (Lipinski definition) is 6. The van der Waals surface area contributed by atoms with Crippen molar-refractivity contribution in [3.63, 3.8) is 0 Å². The van der Waals surface area contributed by atoms with E-state index in [1.165, 1.54) is 24.3 Å². The highest BCUT2D eigenvalue weighted by Crippen LogP contribution is 2.24. The van der Waals surface area contributed by atoms with Gasteiger partial charge in [-0.15, -0.1) is 0 Å². The van der Waals surface area contributed by atoms with Gasteiger partial charge in [0.2, 0.25) is 11.8 Å². The number of methoxy groups -OCH3 is 1. The molecule has 2 N–H and O–H groups in total. The summed E-state index contributed by atoms with van der Waals surface area (Å²) in [6, 6.07) is 12.9. The van der Waals surface area contributed by atoms with Gasteiger partial charge in [0, 0.05) is 18.4 Å². The van der Waals surface area contributed by atoms with Crippen molar-refractivity contribution in [2.75, 3.05) is 18.7 Å². The average molecular weight is 425 g/mol. The Hall–Kier alpha value is -3.88. The Morgan fingerprint density at radius 2 is 1.81 bits per heavy atom. The molecular weight excluding hydrogens is 402 g/mol. The van der Waals surface area contributed by atoms with Crippen molar-refractivity contribution in [2.45, 2.75) is 25.8 Å². The van der Waals surface area contributed by atoms with E-state index in [2.05, 4.69) is 10.7 Å². The number of rotatable bonds is 7. The molecule has 0 spiro atoms. The van der Waals surface area contributed by atoms with E-state index in [4.69, 9.17) is 9.47 Å². The predicted molar refractivity (Wildman–Crippen MR) is 111 cm³/mol. The van der Waals surface area contributed by atoms with Crippen molar-refractivity contribution < 1.29 is 28.7 Å². The van der Waals surface area contributed by atoms with E-state index in [0.29, 0.717) is 11.4 Å². The number of hydrogen-bond donors (Lipinski definition) is 2. The molecule has 1 atom stereocenters. The Morgan fingerprint density at radius 1 is 1.10 bits per heavy atom. The van der Waals surface area contributed by atoms with Gasteiger partial charge in [0.1, 0.15) is 5.75 Å². The number of nitrogens with one attached hydrogen (secondary N) is 2. The van der Waals surface area contributed by atoms with Gasteiger partial charge < -0.3 is 14.8 Å². The maximum absolute atomic E-state index is 12.2. The zero-order valence-corrected chi connectivity index (χ0v) is 17.2. The third-order valence-electron chi connectivity index (χ3n) is 4.73. The molecule has 3 rings (SSSR count). The first-order valence-corrected chi connectivity index (χ1v) is 9.71. The summed E-state index contributed by atoms with van der Waals surface area (Å²) in [6.07, 6.45) is 0.273. The molecule has 2 aromatic carbocycles. The Bertz CT molecular complexity index is 989. The number of carbonyl (C=O) groups excluding carboxylic acids is 4. The van der Waals surface area contributed by atoms with Crippen molar-refractivity contribution >= 4 is 29.4 Å². The molecule has 31 heavy (non-hydrogen) atoms. The van der Waals surface area contributed by atoms with Gasteiger partial charge in [-0.3, -0.25) is 19.8 Å². The summed E-state index contributed by atoms with van der Waals surface area (Å²) in [5, 5.41) is 3.90. The molecule has 9 heteroatoms. The fourth-order valence-corrected chi connectivity index (χ4v) is 3.13. The minimum Gasteiger partial charge on any atom is -0.496 e. The first-order valence-electron chi connectivity index (χ1n) is 9.71. The normalized spacial score (nSPS) is 14.5. The molecule has 0 radical (unpaired) electrons. The summed E-state index contributed by atoms with van der Waals surface area (Å²) in [5.74, 6) is -0.978. The molecular formula is C22H23N3O6. The molecule has 1 aliphatic rings. The summed E-state index contributed by atoms with van der Waals surface area (Å²) in [5.41, 5.74) is 3.92. The van der Waals surface area contributed by atoms with Crippen LogP contribution < -0.4 is 20.5 Å². The number of hydrazine groups is 1. The minimum atomic E-state index is -0.680. The Kier molecular flexibility index (Phi) is 6.86. The zero-order valence-electron chi connectivity index (χ0n) is 17.2. The molecule has 9 nitrogen and oxygen atoms in total. The topological polar surface area (TPSA) is 114 Å². The summed E-state index contributed by atoms with van der Waals surface area (Å²) >= 11 is 0. The van der Waals surface area contributed by atoms with Gasteiger partial charge in [0.25, 0.3) is 5.91 Å². The van der Waals surface area contributed by atoms with E-state index in [1.807, 2.05) is 18.2 Å². The summed E-state index contributed by atoms with van der Waals surface area (Å²) in [7, 11) is 1.55. The van der Waals surface area contributed by atoms with Crippen LogP contribution in [-0.2, 0) is 19.1 Å². The van der Waals surface area contributed by atoms with Gasteiger partial charge in [-0.05, 0) is 37.3 Å². The molecule has 0 bridgehead atoms. The van der Waals surface area contributed by atoms with Crippen LogP contribution in [0.15, 0.2) is 48.5 Å². The number of para-hydroxylation sites is 1. The van der Waals surface area contributed by atoms with Gasteiger partial charge in [-0.25, -0.2) is 9.80 Å². The smallest absolute Gasteiger partial charge is 0.338 e. The van der Waals surface area contributed by atoms with E-state index >= 15 is 0 Å². The maximum Gasteiger partial charge on any atom is 0.338 e. The lowest BCUT2D eigenvalue weighted by molar-refractivity contribution is -0.130. The second-order valence-electron chi connectivity index (χ2n) is 6.92. The van der Waals surface area contributed by atoms with E-state index in [-0.39, 0.29) is 36.3 Å². The highest BCUT2D eigenvalue weighted by molar-refractivity contribution is 6.01. The number of benzene rings is 2. The van der Waals surface area contributed by atoms with Crippen molar-refractivity contribution in [3.05, 3.63) is 59.7 Å². The monoisotopic (exact) mass is 425 g/mol. The number of ether oxygens (including phenoxy) is 2. The van der Waals surface area contributed by atoms with Crippen LogP contribution in [0.25, 0.3) is 0 Å². The highest BCUT2D eigenvalue weighted by Gasteiger charge is 2.24. The third kappa shape index (κ3) is 5.39. The molecule has 1 fully saturated rings. The van der Waals surface area contributed by atoms with Crippen molar-refractivity contribution in [3.8, 4) is 5.75 Å². The van der Waals surface area contributed by atoms with Gasteiger partial charge in [0.05, 0.1) is 24.4 Å². The summed E-state index contributed by atoms with van der Waals surface area (Å²) < 4.78 is 10.4. The molecule has 0 aromatic heterocycles. The molecule has 2 aromatic rings. The molecule has 162 valence electrons. The fraction of sp³-hybridized carbons (Fsp3) is 0.273. The molecule has 1 unspecified atom stereocenters. The lowest BCUT2D eigenvalue weighted by Gasteiger charge is -2.27. The molecule has 1 heterocycles. The van der Waals surface area contributed by atoms with Crippen LogP contribution in [0.2, 0.25) is 0 Å². The number of amides is 3. The van der Waals surface area contributed by atoms with E-state index < -0.39 is 18.5 Å². The van der Waals surface area contributed by atoms with Crippen LogP contribution >= 0.6 is 0 Å². The second kappa shape index (κ2) is 9.75. The van der Waals surface area contributed by atoms with Crippen LogP contribution in [0.4, 0.5) is 5.69 Å². The summed E-state index contributed by atoms with van der Waals surface area (Å²) in [4.78, 5) is 47.8. The first kappa shape index (κ1) is 21.8. The lowest BCUT2D eigenvalue weighted by Crippen LogP contribution is -2.50. The predicted octanol–water partition coefficient (Wildman–Crippen LogP) is 1.89. The van der Waals surface area contributed by atoms with Crippen LogP contribution in [0.1, 0.15) is 41.7 Å². The minimum absolute atomic E-state index is 0.123. The van der Waals surface area contributed by atoms with Gasteiger partial charge in [-0.1, -0.05) is 18.2 Å². The van der Waals surface area contributed by atoms with Gasteiger partial charge in [0.15, 0.2) is 6.61 Å². The first-order chi connectivity index (χ1) is 14.9. The Balaban J connectivity index is 1.53. The van der Waals surface area contributed by atoms with Crippen molar-refractivity contribution in [1.29, 1.82) is 0 Å². The third-order valence-corrected chi connectivity index (χ3v) is 4.73. The molecule has 0 aliphatic carbocycles. The van der Waals surface area contributed by atoms with Crippen LogP contribution in [0.5, 0.6) is 5.75 Å². The number of nitrogens with zero attached hydrogens (tertiary/aromatic N) is 1. The van der Waals surface area contributed by atoms with Crippen molar-refractivity contribution in [2.24, 2.45) is 0 Å². The standard InChI is InChI=1S/C22H23N3O6/c1-14(17-5-3-4-6-18(17)30-2)23-20(27)13-31-22(29)15-7-9-16(10-8-15)25-21(28)12-11-19(26)24-25/h3-10,14H,11-13H2,1-2H3,(H,23,27)(H,24,26). The maximum atomic E-state index is 12.2. The van der Waals surface area contributed by atoms with Crippen molar-refractivity contribution in [1.82, 2.24) is 10.7 Å². The fourth-order valence-electron chi connectivity index (χ4n) is 3.13. The number of carbonyl (C=O) groups is 4. The quantitative estimate of drug-likeness (QED) is 0.655. The van der Waals surface area contributed by atoms with Crippen LogP contribution in [-0.4, -0.2) is 37.4 Å². The lowest BCUT2D eigenvalue weighted by atomic mass is 10.1. The Labute approximate surface area is 179 Å². The van der Waals surface area contributed by atoms with E-state index in [0.717, 1.165) is 10.6 Å². The summed E-state index contributed by atoms with van der Waals surface area (Å²) in [6.45, 7) is 1.36. The molecule has 3 amide bonds. The van der Waals surface area contributed by atoms with E-state index in [1.54, 1.807) is 20.1 Å². The molecule has 1 aliphatic heterocycles. The Morgan fingerprint density at radius 3 is 2.52 bits per heavy atom. The average Bonchev–Trinajstić information content (AvgIpc) is 2.79. The largest absolute Gasteiger partial charge is 0.496 e. The molecule has 1 saturated heterocycles. The number of anilines is 1. The molecule has 0 saturated carbocycles. The zero-order chi connectivity index (χ0) is 22.4. The number of esters is 1. The van der Waals surface area contributed by atoms with Gasteiger partial charge in [-0.2, -0.15) is 0 Å². The highest BCUT2D eigenvalue weighted by atomic mass is 16.5.